The molecule has 176 valence electrons. The zero-order valence-corrected chi connectivity index (χ0v) is 22.2. The number of aromatic nitrogens is 2. The third-order valence-electron chi connectivity index (χ3n) is 6.42. The molecule has 5 rings (SSSR count). The molecular weight excluding hydrogens is 465 g/mol. The van der Waals surface area contributed by atoms with Crippen molar-refractivity contribution in [2.45, 2.75) is 31.3 Å². The van der Waals surface area contributed by atoms with Crippen LogP contribution in [-0.4, -0.2) is 21.8 Å². The van der Waals surface area contributed by atoms with Crippen LogP contribution in [0.3, 0.4) is 0 Å². The molecule has 1 saturated carbocycles. The average Bonchev–Trinajstić information content (AvgIpc) is 3.58. The molecule has 1 aliphatic carbocycles. The Morgan fingerprint density at radius 1 is 0.944 bits per heavy atom. The monoisotopic (exact) mass is 489 g/mol. The minimum atomic E-state index is -0.998. The van der Waals surface area contributed by atoms with Gasteiger partial charge < -0.3 is 14.6 Å². The van der Waals surface area contributed by atoms with E-state index in [9.17, 15) is 14.7 Å². The fourth-order valence-electron chi connectivity index (χ4n) is 4.15. The zero-order valence-electron chi connectivity index (χ0n) is 20.2. The van der Waals surface area contributed by atoms with E-state index < -0.39 is 17.5 Å². The van der Waals surface area contributed by atoms with Crippen LogP contribution in [-0.2, 0) is 14.9 Å². The van der Waals surface area contributed by atoms with Crippen LogP contribution >= 0.6 is 0 Å². The number of aliphatic carboxylic acids is 1. The van der Waals surface area contributed by atoms with Crippen LogP contribution in [0, 0.1) is 0 Å². The van der Waals surface area contributed by atoms with Crippen LogP contribution in [0.25, 0.3) is 16.8 Å². The van der Waals surface area contributed by atoms with Gasteiger partial charge in [-0.3, -0.25) is 5.32 Å². The summed E-state index contributed by atoms with van der Waals surface area (Å²) in [7, 11) is 0. The summed E-state index contributed by atoms with van der Waals surface area (Å²) in [6.45, 7) is 1.82. The van der Waals surface area contributed by atoms with Gasteiger partial charge in [0.2, 0.25) is 0 Å². The Hall–Kier alpha value is -3.39. The second-order valence-corrected chi connectivity index (χ2v) is 8.72. The molecule has 4 aromatic rings. The molecule has 1 fully saturated rings. The zero-order chi connectivity index (χ0) is 24.4. The Kier molecular flexibility index (Phi) is 7.64. The second-order valence-electron chi connectivity index (χ2n) is 8.72. The predicted octanol–water partition coefficient (Wildman–Crippen LogP) is 1.63. The molecule has 1 aliphatic rings. The van der Waals surface area contributed by atoms with Gasteiger partial charge in [-0.1, -0.05) is 66.7 Å². The normalized spacial score (nSPS) is 14.2. The van der Waals surface area contributed by atoms with Crippen molar-refractivity contribution in [2.75, 3.05) is 5.32 Å². The van der Waals surface area contributed by atoms with Crippen molar-refractivity contribution in [3.05, 3.63) is 102 Å². The number of anilines is 1. The van der Waals surface area contributed by atoms with Gasteiger partial charge in [-0.05, 0) is 54.2 Å². The van der Waals surface area contributed by atoms with E-state index in [-0.39, 0.29) is 35.7 Å². The van der Waals surface area contributed by atoms with Crippen molar-refractivity contribution in [1.82, 2.24) is 9.78 Å². The van der Waals surface area contributed by atoms with E-state index in [0.717, 1.165) is 27.9 Å². The predicted molar refractivity (Wildman–Crippen MR) is 130 cm³/mol. The molecule has 1 aromatic heterocycles. The van der Waals surface area contributed by atoms with E-state index in [2.05, 4.69) is 10.4 Å². The van der Waals surface area contributed by atoms with E-state index in [0.29, 0.717) is 18.7 Å². The number of carbonyl (C=O) groups excluding carboxylic acids is 2. The standard InChI is InChI=1S/C28H25N3O4.Na/c1-19(20-5-3-2-4-6-20)35-27(34)29-25-15-18-31(30-25)24-13-9-22(10-14-24)21-7-11-23(12-8-21)28(16-17-28)26(32)33;/h2-15,18-19H,16-17H2,1H3,(H,32,33)(H,29,30,34);/q;+1/p-1/t19-;/m1./s1. The number of benzene rings is 3. The van der Waals surface area contributed by atoms with E-state index in [1.54, 1.807) is 16.9 Å². The largest absolute Gasteiger partial charge is 1.00 e. The number of hydrogen-bond donors (Lipinski definition) is 1. The molecule has 3 aromatic carbocycles. The van der Waals surface area contributed by atoms with Crippen molar-refractivity contribution in [3.63, 3.8) is 0 Å². The number of nitrogens with one attached hydrogen (secondary N) is 1. The number of hydrogen-bond acceptors (Lipinski definition) is 5. The molecule has 36 heavy (non-hydrogen) atoms. The molecule has 1 N–H and O–H groups in total. The number of carboxylic acids is 1. The summed E-state index contributed by atoms with van der Waals surface area (Å²) < 4.78 is 7.10. The number of amides is 1. The first-order chi connectivity index (χ1) is 16.9. The maximum Gasteiger partial charge on any atom is 1.00 e. The fraction of sp³-hybridized carbons (Fsp3) is 0.179. The van der Waals surface area contributed by atoms with E-state index in [1.165, 1.54) is 0 Å². The quantitative estimate of drug-likeness (QED) is 0.398. The smallest absolute Gasteiger partial charge is 0.549 e. The number of carboxylic acid groups (broad SMARTS) is 1. The fourth-order valence-corrected chi connectivity index (χ4v) is 4.15. The van der Waals surface area contributed by atoms with Crippen molar-refractivity contribution >= 4 is 17.9 Å². The summed E-state index contributed by atoms with van der Waals surface area (Å²) >= 11 is 0. The van der Waals surface area contributed by atoms with Crippen molar-refractivity contribution in [2.24, 2.45) is 0 Å². The summed E-state index contributed by atoms with van der Waals surface area (Å²) in [6, 6.07) is 26.6. The number of ether oxygens (including phenoxy) is 1. The molecular formula is C28H24N3NaO4. The van der Waals surface area contributed by atoms with Gasteiger partial charge in [0.25, 0.3) is 0 Å². The Labute approximate surface area is 231 Å². The molecule has 0 radical (unpaired) electrons. The topological polar surface area (TPSA) is 96.3 Å². The van der Waals surface area contributed by atoms with Gasteiger partial charge in [0, 0.05) is 17.7 Å². The van der Waals surface area contributed by atoms with Crippen LogP contribution in [0.15, 0.2) is 91.1 Å². The summed E-state index contributed by atoms with van der Waals surface area (Å²) in [5.74, 6) is -0.612. The van der Waals surface area contributed by atoms with Crippen LogP contribution < -0.4 is 40.0 Å². The average molecular weight is 490 g/mol. The second kappa shape index (κ2) is 10.7. The molecule has 8 heteroatoms. The number of nitrogens with zero attached hydrogens (tertiary/aromatic N) is 2. The van der Waals surface area contributed by atoms with Crippen molar-refractivity contribution in [3.8, 4) is 16.8 Å². The van der Waals surface area contributed by atoms with Crippen LogP contribution in [0.4, 0.5) is 10.6 Å². The molecule has 0 bridgehead atoms. The van der Waals surface area contributed by atoms with Gasteiger partial charge in [-0.25, -0.2) is 9.48 Å². The third-order valence-corrected chi connectivity index (χ3v) is 6.42. The van der Waals surface area contributed by atoms with Crippen molar-refractivity contribution < 1.29 is 49.0 Å². The third kappa shape index (κ3) is 5.38. The van der Waals surface area contributed by atoms with Gasteiger partial charge in [-0.15, -0.1) is 5.10 Å². The van der Waals surface area contributed by atoms with E-state index >= 15 is 0 Å². The maximum absolute atomic E-state index is 12.3. The van der Waals surface area contributed by atoms with Gasteiger partial charge >= 0.3 is 35.7 Å². The minimum Gasteiger partial charge on any atom is -0.549 e. The Morgan fingerprint density at radius 3 is 2.14 bits per heavy atom. The summed E-state index contributed by atoms with van der Waals surface area (Å²) in [5.41, 5.74) is 3.73. The van der Waals surface area contributed by atoms with Crippen molar-refractivity contribution in [1.29, 1.82) is 0 Å². The molecule has 7 nitrogen and oxygen atoms in total. The summed E-state index contributed by atoms with van der Waals surface area (Å²) in [6.07, 6.45) is 2.07. The Balaban J connectivity index is 0.00000304. The molecule has 1 heterocycles. The van der Waals surface area contributed by atoms with Gasteiger partial charge in [0.15, 0.2) is 5.82 Å². The van der Waals surface area contributed by atoms with Crippen LogP contribution in [0.5, 0.6) is 0 Å². The Bertz CT molecular complexity index is 1350. The molecule has 0 unspecified atom stereocenters. The number of carbonyl (C=O) groups is 2. The summed E-state index contributed by atoms with van der Waals surface area (Å²) in [5, 5.41) is 18.5. The first-order valence-corrected chi connectivity index (χ1v) is 11.5. The molecule has 1 atom stereocenters. The van der Waals surface area contributed by atoms with Gasteiger partial charge in [0.1, 0.15) is 6.10 Å². The van der Waals surface area contributed by atoms with E-state index in [4.69, 9.17) is 4.74 Å². The Morgan fingerprint density at radius 2 is 1.56 bits per heavy atom. The first-order valence-electron chi connectivity index (χ1n) is 11.5. The maximum atomic E-state index is 12.3. The SMILES string of the molecule is C[C@@H](OC(=O)Nc1ccn(-c2ccc(-c3ccc(C4(C(=O)[O-])CC4)cc3)cc2)n1)c1ccccc1.[Na+]. The van der Waals surface area contributed by atoms with Crippen LogP contribution in [0.1, 0.15) is 37.0 Å². The molecule has 0 saturated heterocycles. The van der Waals surface area contributed by atoms with E-state index in [1.807, 2.05) is 85.8 Å². The van der Waals surface area contributed by atoms with Gasteiger partial charge in [-0.2, -0.15) is 0 Å². The molecule has 0 spiro atoms. The molecule has 0 aliphatic heterocycles. The first kappa shape index (κ1) is 25.7. The van der Waals surface area contributed by atoms with Gasteiger partial charge in [0.05, 0.1) is 11.7 Å². The minimum absolute atomic E-state index is 0. The molecule has 1 amide bonds. The number of rotatable bonds is 7. The summed E-state index contributed by atoms with van der Waals surface area (Å²) in [4.78, 5) is 23.7. The van der Waals surface area contributed by atoms with Crippen LogP contribution in [0.2, 0.25) is 0 Å².